The molecule has 2 aromatic rings. The largest absolute Gasteiger partial charge is 0.495 e. The number of methoxy groups -OCH3 is 1. The molecule has 2 rings (SSSR count). The highest BCUT2D eigenvalue weighted by atomic mass is 32.2. The fraction of sp³-hybridized carbons (Fsp3) is 0.357. The lowest BCUT2D eigenvalue weighted by atomic mass is 10.2. The summed E-state index contributed by atoms with van der Waals surface area (Å²) < 4.78 is 37.4. The molecule has 0 saturated carbocycles. The third-order valence-corrected chi connectivity index (χ3v) is 3.97. The second-order valence-corrected chi connectivity index (χ2v) is 6.80. The summed E-state index contributed by atoms with van der Waals surface area (Å²) in [4.78, 5) is 11.8. The molecular weight excluding hydrogens is 320 g/mol. The van der Waals surface area contributed by atoms with Crippen molar-refractivity contribution in [2.75, 3.05) is 18.4 Å². The van der Waals surface area contributed by atoms with Crippen molar-refractivity contribution in [3.8, 4) is 11.6 Å². The number of sulfonamides is 1. The van der Waals surface area contributed by atoms with Crippen LogP contribution in [0.1, 0.15) is 13.8 Å². The van der Waals surface area contributed by atoms with Crippen molar-refractivity contribution < 1.29 is 17.9 Å². The summed E-state index contributed by atoms with van der Waals surface area (Å²) in [6.45, 7) is 4.45. The molecule has 124 valence electrons. The fourth-order valence-corrected chi connectivity index (χ4v) is 2.54. The highest BCUT2D eigenvalue weighted by molar-refractivity contribution is 7.92. The molecule has 0 spiro atoms. The van der Waals surface area contributed by atoms with Crippen LogP contribution in [0.4, 0.5) is 5.82 Å². The van der Waals surface area contributed by atoms with Gasteiger partial charge in [-0.1, -0.05) is 13.8 Å². The van der Waals surface area contributed by atoms with Crippen LogP contribution in [-0.2, 0) is 10.0 Å². The van der Waals surface area contributed by atoms with Crippen LogP contribution in [0, 0.1) is 5.92 Å². The SMILES string of the molecule is COc1cncc(S(=O)(=O)Nc2cncc(OCC(C)C)n2)c1. The second kappa shape index (κ2) is 7.23. The van der Waals surface area contributed by atoms with Gasteiger partial charge in [0.15, 0.2) is 5.82 Å². The molecule has 0 aliphatic rings. The smallest absolute Gasteiger partial charge is 0.264 e. The average Bonchev–Trinajstić information content (AvgIpc) is 2.53. The number of nitrogens with zero attached hydrogens (tertiary/aromatic N) is 3. The number of rotatable bonds is 7. The summed E-state index contributed by atoms with van der Waals surface area (Å²) in [7, 11) is -2.41. The van der Waals surface area contributed by atoms with E-state index in [1.54, 1.807) is 0 Å². The Morgan fingerprint density at radius 3 is 2.61 bits per heavy atom. The maximum Gasteiger partial charge on any atom is 0.264 e. The molecule has 0 aromatic carbocycles. The highest BCUT2D eigenvalue weighted by Gasteiger charge is 2.17. The summed E-state index contributed by atoms with van der Waals surface area (Å²) >= 11 is 0. The van der Waals surface area contributed by atoms with Crippen molar-refractivity contribution in [2.24, 2.45) is 5.92 Å². The van der Waals surface area contributed by atoms with E-state index in [1.165, 1.54) is 38.0 Å². The summed E-state index contributed by atoms with van der Waals surface area (Å²) in [6.07, 6.45) is 5.36. The van der Waals surface area contributed by atoms with E-state index >= 15 is 0 Å². The zero-order valence-electron chi connectivity index (χ0n) is 13.1. The van der Waals surface area contributed by atoms with Crippen molar-refractivity contribution >= 4 is 15.8 Å². The minimum Gasteiger partial charge on any atom is -0.495 e. The third-order valence-electron chi connectivity index (χ3n) is 2.65. The molecular formula is C14H18N4O4S. The van der Waals surface area contributed by atoms with Gasteiger partial charge in [-0.2, -0.15) is 4.98 Å². The first-order chi connectivity index (χ1) is 10.9. The molecule has 2 heterocycles. The van der Waals surface area contributed by atoms with E-state index in [9.17, 15) is 8.42 Å². The number of hydrogen-bond donors (Lipinski definition) is 1. The minimum absolute atomic E-state index is 0.0350. The first-order valence-electron chi connectivity index (χ1n) is 6.87. The van der Waals surface area contributed by atoms with Gasteiger partial charge in [0.1, 0.15) is 10.6 Å². The van der Waals surface area contributed by atoms with E-state index in [0.29, 0.717) is 18.3 Å². The molecule has 23 heavy (non-hydrogen) atoms. The molecule has 9 heteroatoms. The molecule has 0 bridgehead atoms. The molecule has 0 radical (unpaired) electrons. The topological polar surface area (TPSA) is 103 Å². The first-order valence-corrected chi connectivity index (χ1v) is 8.35. The van der Waals surface area contributed by atoms with Gasteiger partial charge < -0.3 is 9.47 Å². The Kier molecular flexibility index (Phi) is 5.32. The van der Waals surface area contributed by atoms with Crippen LogP contribution in [0.5, 0.6) is 11.6 Å². The number of aromatic nitrogens is 3. The number of ether oxygens (including phenoxy) is 2. The zero-order chi connectivity index (χ0) is 16.9. The Morgan fingerprint density at radius 2 is 1.91 bits per heavy atom. The van der Waals surface area contributed by atoms with Gasteiger partial charge in [0.2, 0.25) is 5.88 Å². The molecule has 0 amide bonds. The Hall–Kier alpha value is -2.42. The van der Waals surface area contributed by atoms with Gasteiger partial charge in [-0.3, -0.25) is 14.7 Å². The number of pyridine rings is 1. The van der Waals surface area contributed by atoms with Crippen LogP contribution < -0.4 is 14.2 Å². The van der Waals surface area contributed by atoms with E-state index in [-0.39, 0.29) is 16.6 Å². The van der Waals surface area contributed by atoms with Gasteiger partial charge in [-0.05, 0) is 5.92 Å². The number of anilines is 1. The zero-order valence-corrected chi connectivity index (χ0v) is 13.9. The van der Waals surface area contributed by atoms with Crippen LogP contribution in [-0.4, -0.2) is 37.1 Å². The molecule has 0 atom stereocenters. The Balaban J connectivity index is 2.18. The van der Waals surface area contributed by atoms with Gasteiger partial charge in [0, 0.05) is 12.3 Å². The third kappa shape index (κ3) is 4.78. The van der Waals surface area contributed by atoms with Crippen LogP contribution in [0.15, 0.2) is 35.7 Å². The molecule has 0 aliphatic heterocycles. The second-order valence-electron chi connectivity index (χ2n) is 5.11. The lowest BCUT2D eigenvalue weighted by molar-refractivity contribution is 0.260. The standard InChI is InChI=1S/C14H18N4O4S/c1-10(2)9-22-14-8-16-7-13(17-14)18-23(19,20)12-4-11(21-3)5-15-6-12/h4-8,10H,9H2,1-3H3,(H,17,18). The molecule has 2 aromatic heterocycles. The average molecular weight is 338 g/mol. The van der Waals surface area contributed by atoms with E-state index in [4.69, 9.17) is 9.47 Å². The Morgan fingerprint density at radius 1 is 1.17 bits per heavy atom. The normalized spacial score (nSPS) is 11.3. The van der Waals surface area contributed by atoms with E-state index in [2.05, 4.69) is 19.7 Å². The quantitative estimate of drug-likeness (QED) is 0.819. The molecule has 0 fully saturated rings. The predicted molar refractivity (Wildman–Crippen MR) is 84.0 cm³/mol. The minimum atomic E-state index is -3.84. The van der Waals surface area contributed by atoms with Gasteiger partial charge >= 0.3 is 0 Å². The predicted octanol–water partition coefficient (Wildman–Crippen LogP) is 1.72. The van der Waals surface area contributed by atoms with Gasteiger partial charge in [0.25, 0.3) is 10.0 Å². The van der Waals surface area contributed by atoms with Crippen molar-refractivity contribution in [3.63, 3.8) is 0 Å². The lowest BCUT2D eigenvalue weighted by Gasteiger charge is -2.10. The lowest BCUT2D eigenvalue weighted by Crippen LogP contribution is -2.15. The Labute approximate surface area is 135 Å². The molecule has 0 aliphatic carbocycles. The summed E-state index contributed by atoms with van der Waals surface area (Å²) in [5.74, 6) is 0.977. The molecule has 1 N–H and O–H groups in total. The van der Waals surface area contributed by atoms with Gasteiger partial charge in [-0.15, -0.1) is 0 Å². The number of nitrogens with one attached hydrogen (secondary N) is 1. The van der Waals surface area contributed by atoms with Crippen molar-refractivity contribution in [1.29, 1.82) is 0 Å². The van der Waals surface area contributed by atoms with Crippen LogP contribution in [0.25, 0.3) is 0 Å². The summed E-state index contributed by atoms with van der Waals surface area (Å²) in [6, 6.07) is 1.36. The molecule has 0 unspecified atom stereocenters. The van der Waals surface area contributed by atoms with Crippen molar-refractivity contribution in [3.05, 3.63) is 30.9 Å². The molecule has 8 nitrogen and oxygen atoms in total. The number of hydrogen-bond acceptors (Lipinski definition) is 7. The summed E-state index contributed by atoms with van der Waals surface area (Å²) in [5, 5.41) is 0. The van der Waals surface area contributed by atoms with Crippen LogP contribution in [0.3, 0.4) is 0 Å². The van der Waals surface area contributed by atoms with Crippen LogP contribution >= 0.6 is 0 Å². The van der Waals surface area contributed by atoms with E-state index in [1.807, 2.05) is 13.8 Å². The van der Waals surface area contributed by atoms with Gasteiger partial charge in [0.05, 0.1) is 32.3 Å². The molecule has 0 saturated heterocycles. The summed E-state index contributed by atoms with van der Waals surface area (Å²) in [5.41, 5.74) is 0. The van der Waals surface area contributed by atoms with Crippen molar-refractivity contribution in [2.45, 2.75) is 18.7 Å². The van der Waals surface area contributed by atoms with E-state index < -0.39 is 10.0 Å². The first kappa shape index (κ1) is 16.9. The highest BCUT2D eigenvalue weighted by Crippen LogP contribution is 2.19. The monoisotopic (exact) mass is 338 g/mol. The Bertz CT molecular complexity index is 765. The maximum absolute atomic E-state index is 12.3. The maximum atomic E-state index is 12.3. The van der Waals surface area contributed by atoms with Crippen LogP contribution in [0.2, 0.25) is 0 Å². The fourth-order valence-electron chi connectivity index (χ4n) is 1.57. The van der Waals surface area contributed by atoms with Gasteiger partial charge in [-0.25, -0.2) is 8.42 Å². The van der Waals surface area contributed by atoms with E-state index in [0.717, 1.165) is 0 Å². The van der Waals surface area contributed by atoms with Crippen molar-refractivity contribution in [1.82, 2.24) is 15.0 Å².